The number of hydrogen-bond donors (Lipinski definition) is 3. The van der Waals surface area contributed by atoms with Crippen molar-refractivity contribution in [2.75, 3.05) is 18.9 Å². The van der Waals surface area contributed by atoms with Crippen molar-refractivity contribution in [3.05, 3.63) is 65.7 Å². The van der Waals surface area contributed by atoms with Gasteiger partial charge in [0.25, 0.3) is 0 Å². The molecule has 0 spiro atoms. The van der Waals surface area contributed by atoms with Crippen molar-refractivity contribution in [2.45, 2.75) is 25.8 Å². The van der Waals surface area contributed by atoms with Crippen LogP contribution in [0.25, 0.3) is 0 Å². The van der Waals surface area contributed by atoms with Gasteiger partial charge in [0.15, 0.2) is 5.96 Å². The van der Waals surface area contributed by atoms with Crippen LogP contribution in [-0.4, -0.2) is 31.5 Å². The summed E-state index contributed by atoms with van der Waals surface area (Å²) in [5.74, 6) is 2.99. The fourth-order valence-electron chi connectivity index (χ4n) is 2.58. The standard InChI is InChI=1S/C22H26N4O/c1-4-18-11-8-12-20(15-18)26-21(27)16-24-22(23-3)25-17(2)13-14-19-9-6-5-7-10-19/h1,5-12,15,17H,13-14,16H2,2-3H3,(H,26,27)(H2,23,24,25). The van der Waals surface area contributed by atoms with E-state index in [-0.39, 0.29) is 18.5 Å². The molecule has 0 aromatic heterocycles. The molecule has 0 heterocycles. The Balaban J connectivity index is 1.75. The summed E-state index contributed by atoms with van der Waals surface area (Å²) in [5, 5.41) is 9.16. The second-order valence-electron chi connectivity index (χ2n) is 6.27. The molecule has 3 N–H and O–H groups in total. The molecule has 1 atom stereocenters. The molecule has 2 aromatic carbocycles. The van der Waals surface area contributed by atoms with Gasteiger partial charge >= 0.3 is 0 Å². The van der Waals surface area contributed by atoms with Gasteiger partial charge in [0, 0.05) is 24.3 Å². The summed E-state index contributed by atoms with van der Waals surface area (Å²) in [4.78, 5) is 16.3. The summed E-state index contributed by atoms with van der Waals surface area (Å²) in [6, 6.07) is 17.8. The summed E-state index contributed by atoms with van der Waals surface area (Å²) < 4.78 is 0. The van der Waals surface area contributed by atoms with Crippen molar-refractivity contribution in [1.82, 2.24) is 10.6 Å². The fraction of sp³-hybridized carbons (Fsp3) is 0.273. The van der Waals surface area contributed by atoms with Crippen molar-refractivity contribution in [3.63, 3.8) is 0 Å². The number of amides is 1. The zero-order valence-corrected chi connectivity index (χ0v) is 15.8. The van der Waals surface area contributed by atoms with Crippen LogP contribution in [0.2, 0.25) is 0 Å². The quantitative estimate of drug-likeness (QED) is 0.403. The average molecular weight is 362 g/mol. The van der Waals surface area contributed by atoms with Gasteiger partial charge in [-0.2, -0.15) is 0 Å². The Kier molecular flexibility index (Phi) is 7.92. The summed E-state index contributed by atoms with van der Waals surface area (Å²) in [7, 11) is 1.69. The van der Waals surface area contributed by atoms with Gasteiger partial charge in [-0.1, -0.05) is 42.3 Å². The van der Waals surface area contributed by atoms with E-state index in [1.807, 2.05) is 30.3 Å². The third-order valence-corrected chi connectivity index (χ3v) is 4.04. The highest BCUT2D eigenvalue weighted by Gasteiger charge is 2.08. The van der Waals surface area contributed by atoms with Crippen LogP contribution in [0.4, 0.5) is 5.69 Å². The molecule has 2 rings (SSSR count). The lowest BCUT2D eigenvalue weighted by molar-refractivity contribution is -0.115. The summed E-state index contributed by atoms with van der Waals surface area (Å²) >= 11 is 0. The van der Waals surface area contributed by atoms with E-state index in [1.54, 1.807) is 19.2 Å². The van der Waals surface area contributed by atoms with Crippen molar-refractivity contribution in [1.29, 1.82) is 0 Å². The molecule has 5 nitrogen and oxygen atoms in total. The maximum absolute atomic E-state index is 12.1. The van der Waals surface area contributed by atoms with E-state index in [0.717, 1.165) is 18.4 Å². The van der Waals surface area contributed by atoms with Crippen LogP contribution in [0.15, 0.2) is 59.6 Å². The molecule has 5 heteroatoms. The molecular weight excluding hydrogens is 336 g/mol. The Morgan fingerprint density at radius 3 is 2.67 bits per heavy atom. The smallest absolute Gasteiger partial charge is 0.243 e. The minimum Gasteiger partial charge on any atom is -0.354 e. The number of carbonyl (C=O) groups excluding carboxylic acids is 1. The van der Waals surface area contributed by atoms with Gasteiger partial charge < -0.3 is 16.0 Å². The molecule has 0 bridgehead atoms. The van der Waals surface area contributed by atoms with Crippen LogP contribution in [0.5, 0.6) is 0 Å². The van der Waals surface area contributed by atoms with E-state index in [0.29, 0.717) is 11.6 Å². The molecule has 0 radical (unpaired) electrons. The summed E-state index contributed by atoms with van der Waals surface area (Å²) in [6.45, 7) is 2.21. The van der Waals surface area contributed by atoms with Gasteiger partial charge in [0.1, 0.15) is 0 Å². The van der Waals surface area contributed by atoms with E-state index in [1.165, 1.54) is 5.56 Å². The lowest BCUT2D eigenvalue weighted by atomic mass is 10.1. The number of benzene rings is 2. The third kappa shape index (κ3) is 7.25. The van der Waals surface area contributed by atoms with Crippen LogP contribution in [0, 0.1) is 12.3 Å². The highest BCUT2D eigenvalue weighted by atomic mass is 16.1. The van der Waals surface area contributed by atoms with Crippen LogP contribution in [0.1, 0.15) is 24.5 Å². The largest absolute Gasteiger partial charge is 0.354 e. The minimum absolute atomic E-state index is 0.116. The molecule has 1 unspecified atom stereocenters. The molecule has 27 heavy (non-hydrogen) atoms. The maximum atomic E-state index is 12.1. The maximum Gasteiger partial charge on any atom is 0.243 e. The van der Waals surface area contributed by atoms with Crippen LogP contribution in [0.3, 0.4) is 0 Å². The fourth-order valence-corrected chi connectivity index (χ4v) is 2.58. The Morgan fingerprint density at radius 2 is 1.96 bits per heavy atom. The molecular formula is C22H26N4O. The Labute approximate surface area is 161 Å². The lowest BCUT2D eigenvalue weighted by Crippen LogP contribution is -2.45. The Bertz CT molecular complexity index is 809. The zero-order valence-electron chi connectivity index (χ0n) is 15.8. The predicted molar refractivity (Wildman–Crippen MR) is 112 cm³/mol. The van der Waals surface area contributed by atoms with Gasteiger partial charge in [0.05, 0.1) is 6.54 Å². The average Bonchev–Trinajstić information content (AvgIpc) is 2.70. The molecule has 0 aliphatic carbocycles. The first kappa shape index (κ1) is 20.1. The topological polar surface area (TPSA) is 65.5 Å². The monoisotopic (exact) mass is 362 g/mol. The number of guanidine groups is 1. The third-order valence-electron chi connectivity index (χ3n) is 4.04. The van der Waals surface area contributed by atoms with E-state index < -0.39 is 0 Å². The van der Waals surface area contributed by atoms with Crippen LogP contribution < -0.4 is 16.0 Å². The molecule has 0 aliphatic heterocycles. The second kappa shape index (κ2) is 10.7. The molecule has 2 aromatic rings. The van der Waals surface area contributed by atoms with Crippen LogP contribution >= 0.6 is 0 Å². The highest BCUT2D eigenvalue weighted by molar-refractivity contribution is 5.95. The number of rotatable bonds is 7. The summed E-state index contributed by atoms with van der Waals surface area (Å²) in [5.41, 5.74) is 2.71. The predicted octanol–water partition coefficient (Wildman–Crippen LogP) is 2.79. The van der Waals surface area contributed by atoms with E-state index >= 15 is 0 Å². The number of terminal acetylenes is 1. The Hall–Kier alpha value is -3.26. The van der Waals surface area contributed by atoms with Crippen molar-refractivity contribution in [3.8, 4) is 12.3 Å². The number of aryl methyl sites for hydroxylation is 1. The van der Waals surface area contributed by atoms with Crippen molar-refractivity contribution in [2.24, 2.45) is 4.99 Å². The molecule has 1 amide bonds. The molecule has 0 aliphatic rings. The van der Waals surface area contributed by atoms with Crippen molar-refractivity contribution >= 4 is 17.6 Å². The van der Waals surface area contributed by atoms with Crippen molar-refractivity contribution < 1.29 is 4.79 Å². The molecule has 140 valence electrons. The van der Waals surface area contributed by atoms with Gasteiger partial charge in [-0.05, 0) is 43.5 Å². The number of nitrogens with zero attached hydrogens (tertiary/aromatic N) is 1. The van der Waals surface area contributed by atoms with Gasteiger partial charge in [-0.3, -0.25) is 9.79 Å². The van der Waals surface area contributed by atoms with Gasteiger partial charge in [-0.15, -0.1) is 6.42 Å². The first-order chi connectivity index (χ1) is 13.1. The van der Waals surface area contributed by atoms with Crippen LogP contribution in [-0.2, 0) is 11.2 Å². The second-order valence-corrected chi connectivity index (χ2v) is 6.27. The molecule has 0 saturated heterocycles. The Morgan fingerprint density at radius 1 is 1.19 bits per heavy atom. The van der Waals surface area contributed by atoms with Gasteiger partial charge in [0.2, 0.25) is 5.91 Å². The highest BCUT2D eigenvalue weighted by Crippen LogP contribution is 2.09. The number of aliphatic imine (C=N–C) groups is 1. The SMILES string of the molecule is C#Cc1cccc(NC(=O)CNC(=NC)NC(C)CCc2ccccc2)c1. The number of carbonyl (C=O) groups is 1. The summed E-state index contributed by atoms with van der Waals surface area (Å²) in [6.07, 6.45) is 7.33. The normalized spacial score (nSPS) is 12.0. The van der Waals surface area contributed by atoms with E-state index in [4.69, 9.17) is 6.42 Å². The minimum atomic E-state index is -0.163. The number of hydrogen-bond acceptors (Lipinski definition) is 2. The van der Waals surface area contributed by atoms with E-state index in [9.17, 15) is 4.79 Å². The number of anilines is 1. The first-order valence-electron chi connectivity index (χ1n) is 8.98. The first-order valence-corrected chi connectivity index (χ1v) is 8.98. The lowest BCUT2D eigenvalue weighted by Gasteiger charge is -2.18. The van der Waals surface area contributed by atoms with Gasteiger partial charge in [-0.25, -0.2) is 0 Å². The van der Waals surface area contributed by atoms with E-state index in [2.05, 4.69) is 45.9 Å². The number of nitrogens with one attached hydrogen (secondary N) is 3. The molecule has 0 fully saturated rings. The zero-order chi connectivity index (χ0) is 19.5. The molecule has 0 saturated carbocycles.